The second-order valence-electron chi connectivity index (χ2n) is 4.57. The van der Waals surface area contributed by atoms with Crippen molar-refractivity contribution in [2.75, 3.05) is 6.61 Å². The van der Waals surface area contributed by atoms with Crippen LogP contribution in [0.1, 0.15) is 24.9 Å². The molecule has 0 radical (unpaired) electrons. The number of nitrogens with one attached hydrogen (secondary N) is 1. The number of thioether (sulfide) groups is 1. The normalized spacial score (nSPS) is 12.7. The monoisotopic (exact) mass is 304 g/mol. The van der Waals surface area contributed by atoms with Gasteiger partial charge in [-0.05, 0) is 36.4 Å². The topological polar surface area (TPSA) is 81.5 Å². The van der Waals surface area contributed by atoms with Crippen molar-refractivity contribution in [3.8, 4) is 5.75 Å². The van der Waals surface area contributed by atoms with Crippen LogP contribution in [-0.2, 0) is 7.05 Å². The van der Waals surface area contributed by atoms with Crippen LogP contribution in [-0.4, -0.2) is 36.8 Å². The van der Waals surface area contributed by atoms with Gasteiger partial charge in [-0.15, -0.1) is 5.10 Å². The summed E-state index contributed by atoms with van der Waals surface area (Å²) in [6.45, 7) is 4.67. The van der Waals surface area contributed by atoms with Crippen molar-refractivity contribution in [3.05, 3.63) is 24.0 Å². The summed E-state index contributed by atoms with van der Waals surface area (Å²) < 4.78 is 7.17. The van der Waals surface area contributed by atoms with Crippen molar-refractivity contribution in [2.45, 2.75) is 24.3 Å². The lowest BCUT2D eigenvalue weighted by Crippen LogP contribution is -2.01. The first kappa shape index (κ1) is 13.9. The molecule has 3 rings (SSSR count). The molecule has 1 atom stereocenters. The largest absolute Gasteiger partial charge is 0.494 e. The summed E-state index contributed by atoms with van der Waals surface area (Å²) in [5.41, 5.74) is 1.89. The van der Waals surface area contributed by atoms with Crippen LogP contribution in [0.2, 0.25) is 0 Å². The van der Waals surface area contributed by atoms with Gasteiger partial charge in [0, 0.05) is 13.1 Å². The molecule has 0 aliphatic carbocycles. The smallest absolute Gasteiger partial charge is 0.167 e. The van der Waals surface area contributed by atoms with E-state index in [0.29, 0.717) is 6.61 Å². The molecule has 0 aliphatic heterocycles. The maximum atomic E-state index is 5.49. The van der Waals surface area contributed by atoms with Crippen molar-refractivity contribution in [1.29, 1.82) is 0 Å². The molecule has 0 aliphatic rings. The van der Waals surface area contributed by atoms with E-state index >= 15 is 0 Å². The molecule has 1 unspecified atom stereocenters. The van der Waals surface area contributed by atoms with Crippen LogP contribution in [0.3, 0.4) is 0 Å². The minimum atomic E-state index is 0.108. The molecular weight excluding hydrogens is 288 g/mol. The predicted molar refractivity (Wildman–Crippen MR) is 80.3 cm³/mol. The van der Waals surface area contributed by atoms with Crippen molar-refractivity contribution in [1.82, 2.24) is 30.2 Å². The van der Waals surface area contributed by atoms with Gasteiger partial charge in [0.15, 0.2) is 11.0 Å². The third-order valence-corrected chi connectivity index (χ3v) is 4.03. The van der Waals surface area contributed by atoms with Crippen molar-refractivity contribution < 1.29 is 4.74 Å². The Bertz CT molecular complexity index is 752. The van der Waals surface area contributed by atoms with Gasteiger partial charge in [-0.3, -0.25) is 0 Å². The van der Waals surface area contributed by atoms with E-state index in [1.165, 1.54) is 0 Å². The number of fused-ring (bicyclic) bond motifs is 1. The van der Waals surface area contributed by atoms with Gasteiger partial charge in [0.2, 0.25) is 0 Å². The summed E-state index contributed by atoms with van der Waals surface area (Å²) in [6.07, 6.45) is 0. The molecule has 0 amide bonds. The highest BCUT2D eigenvalue weighted by molar-refractivity contribution is 7.99. The molecular formula is C13H16N6OS. The van der Waals surface area contributed by atoms with Crippen molar-refractivity contribution >= 4 is 22.8 Å². The Kier molecular flexibility index (Phi) is 3.78. The molecule has 0 spiro atoms. The van der Waals surface area contributed by atoms with Crippen LogP contribution in [0.25, 0.3) is 11.0 Å². The van der Waals surface area contributed by atoms with Gasteiger partial charge in [-0.25, -0.2) is 9.67 Å². The fraction of sp³-hybridized carbons (Fsp3) is 0.385. The van der Waals surface area contributed by atoms with E-state index < -0.39 is 0 Å². The fourth-order valence-electron chi connectivity index (χ4n) is 2.08. The molecule has 0 saturated heterocycles. The summed E-state index contributed by atoms with van der Waals surface area (Å²) >= 11 is 1.59. The summed E-state index contributed by atoms with van der Waals surface area (Å²) in [5, 5.41) is 12.5. The second kappa shape index (κ2) is 5.72. The maximum absolute atomic E-state index is 5.49. The summed E-state index contributed by atoms with van der Waals surface area (Å²) in [7, 11) is 1.83. The van der Waals surface area contributed by atoms with E-state index in [-0.39, 0.29) is 5.25 Å². The number of aromatic nitrogens is 6. The number of hydrogen-bond acceptors (Lipinski definition) is 6. The molecule has 8 heteroatoms. The Morgan fingerprint density at radius 3 is 3.00 bits per heavy atom. The van der Waals surface area contributed by atoms with E-state index in [2.05, 4.69) is 32.4 Å². The minimum absolute atomic E-state index is 0.108. The highest BCUT2D eigenvalue weighted by Gasteiger charge is 2.16. The third-order valence-electron chi connectivity index (χ3n) is 3.05. The van der Waals surface area contributed by atoms with Crippen LogP contribution < -0.4 is 4.74 Å². The van der Waals surface area contributed by atoms with E-state index in [9.17, 15) is 0 Å². The van der Waals surface area contributed by atoms with Crippen LogP contribution in [0, 0.1) is 0 Å². The number of nitrogens with zero attached hydrogens (tertiary/aromatic N) is 5. The zero-order valence-electron chi connectivity index (χ0n) is 12.1. The number of tetrazole rings is 1. The van der Waals surface area contributed by atoms with E-state index in [1.54, 1.807) is 16.4 Å². The average Bonchev–Trinajstić information content (AvgIpc) is 3.04. The van der Waals surface area contributed by atoms with Crippen molar-refractivity contribution in [3.63, 3.8) is 0 Å². The highest BCUT2D eigenvalue weighted by Crippen LogP contribution is 2.33. The second-order valence-corrected chi connectivity index (χ2v) is 5.90. The molecule has 21 heavy (non-hydrogen) atoms. The van der Waals surface area contributed by atoms with Crippen LogP contribution in [0.5, 0.6) is 5.75 Å². The molecule has 1 N–H and O–H groups in total. The van der Waals surface area contributed by atoms with E-state index in [1.807, 2.05) is 32.2 Å². The summed E-state index contributed by atoms with van der Waals surface area (Å²) in [5.74, 6) is 1.66. The Morgan fingerprint density at radius 1 is 1.43 bits per heavy atom. The van der Waals surface area contributed by atoms with Gasteiger partial charge in [0.05, 0.1) is 22.9 Å². The Labute approximate surface area is 126 Å². The number of H-pyrrole nitrogens is 1. The van der Waals surface area contributed by atoms with Gasteiger partial charge in [0.25, 0.3) is 0 Å². The van der Waals surface area contributed by atoms with Crippen molar-refractivity contribution in [2.24, 2.45) is 7.05 Å². The first-order valence-electron chi connectivity index (χ1n) is 6.69. The molecule has 2 aromatic heterocycles. The molecule has 0 bridgehead atoms. The van der Waals surface area contributed by atoms with E-state index in [0.717, 1.165) is 27.8 Å². The predicted octanol–water partition coefficient (Wildman–Crippen LogP) is 2.34. The zero-order valence-corrected chi connectivity index (χ0v) is 12.9. The van der Waals surface area contributed by atoms with Crippen LogP contribution in [0.4, 0.5) is 0 Å². The number of benzene rings is 1. The molecule has 2 heterocycles. The lowest BCUT2D eigenvalue weighted by molar-refractivity contribution is 0.340. The van der Waals surface area contributed by atoms with Gasteiger partial charge >= 0.3 is 0 Å². The molecule has 110 valence electrons. The molecule has 0 saturated carbocycles. The van der Waals surface area contributed by atoms with Crippen LogP contribution in [0.15, 0.2) is 23.4 Å². The number of aryl methyl sites for hydroxylation is 1. The number of imidazole rings is 1. The Balaban J connectivity index is 1.82. The van der Waals surface area contributed by atoms with Crippen LogP contribution >= 0.6 is 11.8 Å². The molecule has 0 fully saturated rings. The first-order chi connectivity index (χ1) is 10.2. The molecule has 7 nitrogen and oxygen atoms in total. The number of rotatable bonds is 5. The fourth-order valence-corrected chi connectivity index (χ4v) is 3.04. The Hall–Kier alpha value is -2.09. The molecule has 3 aromatic rings. The standard InChI is InChI=1S/C13H16N6OS/c1-4-20-9-5-6-10-11(7-9)15-13(14-10)21-8(2)12-16-17-18-19(12)3/h5-8H,4H2,1-3H3,(H,14,15). The maximum Gasteiger partial charge on any atom is 0.167 e. The number of aromatic amines is 1. The average molecular weight is 304 g/mol. The van der Waals surface area contributed by atoms with Gasteiger partial charge in [-0.1, -0.05) is 11.8 Å². The van der Waals surface area contributed by atoms with Gasteiger partial charge in [0.1, 0.15) is 5.75 Å². The number of ether oxygens (including phenoxy) is 1. The lowest BCUT2D eigenvalue weighted by atomic mass is 10.3. The zero-order chi connectivity index (χ0) is 14.8. The van der Waals surface area contributed by atoms with Gasteiger partial charge in [-0.2, -0.15) is 0 Å². The SMILES string of the molecule is CCOc1ccc2nc(SC(C)c3nnnn3C)[nH]c2c1. The molecule has 1 aromatic carbocycles. The Morgan fingerprint density at radius 2 is 2.29 bits per heavy atom. The number of hydrogen-bond donors (Lipinski definition) is 1. The first-order valence-corrected chi connectivity index (χ1v) is 7.57. The van der Waals surface area contributed by atoms with Gasteiger partial charge < -0.3 is 9.72 Å². The quantitative estimate of drug-likeness (QED) is 0.729. The van der Waals surface area contributed by atoms with E-state index in [4.69, 9.17) is 4.74 Å². The third kappa shape index (κ3) is 2.85. The summed E-state index contributed by atoms with van der Waals surface area (Å²) in [4.78, 5) is 7.87. The lowest BCUT2D eigenvalue weighted by Gasteiger charge is -2.06. The summed E-state index contributed by atoms with van der Waals surface area (Å²) in [6, 6.07) is 5.84. The minimum Gasteiger partial charge on any atom is -0.494 e. The highest BCUT2D eigenvalue weighted by atomic mass is 32.2.